The first-order valence-corrected chi connectivity index (χ1v) is 5.08. The van der Waals surface area contributed by atoms with Crippen LogP contribution in [0.15, 0.2) is 0 Å². The normalized spacial score (nSPS) is 9.86. The van der Waals surface area contributed by atoms with Gasteiger partial charge in [-0.3, -0.25) is 4.79 Å². The van der Waals surface area contributed by atoms with Gasteiger partial charge in [0.05, 0.1) is 24.6 Å². The van der Waals surface area contributed by atoms with Crippen molar-refractivity contribution in [2.75, 3.05) is 26.8 Å². The number of thiocarbonyl (C=S) groups is 1. The number of ether oxygens (including phenoxy) is 1. The predicted octanol–water partition coefficient (Wildman–Crippen LogP) is 0.548. The van der Waals surface area contributed by atoms with Gasteiger partial charge >= 0.3 is 0 Å². The molecule has 0 spiro atoms. The van der Waals surface area contributed by atoms with E-state index in [9.17, 15) is 4.79 Å². The quantitative estimate of drug-likeness (QED) is 0.501. The Kier molecular flexibility index (Phi) is 7.32. The summed E-state index contributed by atoms with van der Waals surface area (Å²) in [6.45, 7) is 3.53. The van der Waals surface area contributed by atoms with Crippen LogP contribution < -0.4 is 5.73 Å². The topological polar surface area (TPSA) is 55.6 Å². The molecule has 4 nitrogen and oxygen atoms in total. The summed E-state index contributed by atoms with van der Waals surface area (Å²) in [6, 6.07) is 0. The Bertz CT molecular complexity index is 197. The lowest BCUT2D eigenvalue weighted by atomic mass is 10.4. The van der Waals surface area contributed by atoms with E-state index in [1.165, 1.54) is 4.90 Å². The van der Waals surface area contributed by atoms with E-state index in [0.717, 1.165) is 6.42 Å². The Balaban J connectivity index is 3.57. The second-order valence-electron chi connectivity index (χ2n) is 3.08. The van der Waals surface area contributed by atoms with Gasteiger partial charge in [0.2, 0.25) is 5.91 Å². The number of carbonyl (C=O) groups excluding carboxylic acids is 1. The van der Waals surface area contributed by atoms with Gasteiger partial charge in [0.1, 0.15) is 0 Å². The fourth-order valence-electron chi connectivity index (χ4n) is 0.919. The number of hydrogen-bond acceptors (Lipinski definition) is 3. The molecule has 0 rings (SSSR count). The average molecular weight is 218 g/mol. The third-order valence-corrected chi connectivity index (χ3v) is 1.76. The molecular formula is C9H18N2O2S. The van der Waals surface area contributed by atoms with Crippen LogP contribution in [0.5, 0.6) is 0 Å². The number of likely N-dealkylation sites (N-methyl/N-ethyl adjacent to an activating group) is 1. The highest BCUT2D eigenvalue weighted by Crippen LogP contribution is 1.92. The molecule has 0 aliphatic carbocycles. The number of nitrogens with zero attached hydrogens (tertiary/aromatic N) is 1. The highest BCUT2D eigenvalue weighted by molar-refractivity contribution is 7.80. The Morgan fingerprint density at radius 2 is 2.14 bits per heavy atom. The first-order valence-electron chi connectivity index (χ1n) is 4.68. The highest BCUT2D eigenvalue weighted by Gasteiger charge is 2.08. The minimum absolute atomic E-state index is 0.00824. The molecule has 0 aromatic carbocycles. The van der Waals surface area contributed by atoms with E-state index in [4.69, 9.17) is 22.7 Å². The van der Waals surface area contributed by atoms with Crippen LogP contribution in [-0.2, 0) is 9.53 Å². The van der Waals surface area contributed by atoms with E-state index in [2.05, 4.69) is 0 Å². The molecular weight excluding hydrogens is 200 g/mol. The fraction of sp³-hybridized carbons (Fsp3) is 0.778. The zero-order valence-electron chi connectivity index (χ0n) is 8.78. The Labute approximate surface area is 90.4 Å². The molecule has 0 aromatic heterocycles. The maximum atomic E-state index is 11.4. The molecule has 0 atom stereocenters. The van der Waals surface area contributed by atoms with Gasteiger partial charge in [-0.15, -0.1) is 0 Å². The first-order chi connectivity index (χ1) is 6.57. The molecule has 5 heteroatoms. The van der Waals surface area contributed by atoms with Gasteiger partial charge in [0.25, 0.3) is 0 Å². The van der Waals surface area contributed by atoms with Crippen LogP contribution in [0.4, 0.5) is 0 Å². The van der Waals surface area contributed by atoms with E-state index in [1.807, 2.05) is 6.92 Å². The van der Waals surface area contributed by atoms with Gasteiger partial charge in [-0.2, -0.15) is 0 Å². The van der Waals surface area contributed by atoms with Crippen LogP contribution in [0.3, 0.4) is 0 Å². The number of rotatable bonds is 7. The van der Waals surface area contributed by atoms with Crippen LogP contribution in [0, 0.1) is 0 Å². The molecule has 0 bridgehead atoms. The molecule has 0 radical (unpaired) electrons. The van der Waals surface area contributed by atoms with Gasteiger partial charge in [0.15, 0.2) is 0 Å². The molecule has 2 N–H and O–H groups in total. The summed E-state index contributed by atoms with van der Waals surface area (Å²) in [5.41, 5.74) is 5.31. The average Bonchev–Trinajstić information content (AvgIpc) is 2.11. The monoisotopic (exact) mass is 218 g/mol. The van der Waals surface area contributed by atoms with E-state index >= 15 is 0 Å². The summed E-state index contributed by atoms with van der Waals surface area (Å²) in [5.74, 6) is 0.00824. The van der Waals surface area contributed by atoms with E-state index in [1.54, 1.807) is 7.05 Å². The number of hydrogen-bond donors (Lipinski definition) is 1. The molecule has 0 fully saturated rings. The molecule has 14 heavy (non-hydrogen) atoms. The van der Waals surface area contributed by atoms with Gasteiger partial charge < -0.3 is 15.4 Å². The van der Waals surface area contributed by atoms with Crippen molar-refractivity contribution >= 4 is 23.1 Å². The third kappa shape index (κ3) is 6.80. The van der Waals surface area contributed by atoms with Crippen molar-refractivity contribution < 1.29 is 9.53 Å². The predicted molar refractivity (Wildman–Crippen MR) is 60.1 cm³/mol. The Hall–Kier alpha value is -0.680. The minimum atomic E-state index is 0.00824. The number of carbonyl (C=O) groups is 1. The van der Waals surface area contributed by atoms with E-state index in [-0.39, 0.29) is 5.91 Å². The SMILES string of the molecule is CCCOCCC(=O)N(C)CC(N)=S. The highest BCUT2D eigenvalue weighted by atomic mass is 32.1. The number of nitrogens with two attached hydrogens (primary N) is 1. The van der Waals surface area contributed by atoms with E-state index in [0.29, 0.717) is 31.2 Å². The molecule has 1 amide bonds. The van der Waals surface area contributed by atoms with Crippen LogP contribution in [-0.4, -0.2) is 42.6 Å². The second kappa shape index (κ2) is 7.70. The van der Waals surface area contributed by atoms with Crippen LogP contribution in [0.1, 0.15) is 19.8 Å². The van der Waals surface area contributed by atoms with Crippen LogP contribution in [0.2, 0.25) is 0 Å². The van der Waals surface area contributed by atoms with Crippen LogP contribution in [0.25, 0.3) is 0 Å². The maximum absolute atomic E-state index is 11.4. The summed E-state index contributed by atoms with van der Waals surface area (Å²) in [4.78, 5) is 13.2. The number of amides is 1. The summed E-state index contributed by atoms with van der Waals surface area (Å²) in [5, 5.41) is 0. The Morgan fingerprint density at radius 1 is 1.50 bits per heavy atom. The smallest absolute Gasteiger partial charge is 0.225 e. The second-order valence-corrected chi connectivity index (χ2v) is 3.60. The van der Waals surface area contributed by atoms with Crippen molar-refractivity contribution in [2.24, 2.45) is 5.73 Å². The van der Waals surface area contributed by atoms with Gasteiger partial charge in [0, 0.05) is 13.7 Å². The van der Waals surface area contributed by atoms with Crippen molar-refractivity contribution in [3.05, 3.63) is 0 Å². The molecule has 0 aliphatic rings. The zero-order valence-corrected chi connectivity index (χ0v) is 9.60. The lowest BCUT2D eigenvalue weighted by molar-refractivity contribution is -0.130. The Morgan fingerprint density at radius 3 is 2.64 bits per heavy atom. The first kappa shape index (κ1) is 13.3. The zero-order chi connectivity index (χ0) is 11.0. The van der Waals surface area contributed by atoms with Crippen molar-refractivity contribution in [3.8, 4) is 0 Å². The summed E-state index contributed by atoms with van der Waals surface area (Å²) in [6.07, 6.45) is 1.36. The largest absolute Gasteiger partial charge is 0.392 e. The standard InChI is InChI=1S/C9H18N2O2S/c1-3-5-13-6-4-9(12)11(2)7-8(10)14/h3-7H2,1-2H3,(H2,10,14). The maximum Gasteiger partial charge on any atom is 0.225 e. The van der Waals surface area contributed by atoms with Crippen molar-refractivity contribution in [2.45, 2.75) is 19.8 Å². The molecule has 0 saturated carbocycles. The molecule has 82 valence electrons. The van der Waals surface area contributed by atoms with Gasteiger partial charge in [-0.25, -0.2) is 0 Å². The van der Waals surface area contributed by atoms with Crippen molar-refractivity contribution in [1.29, 1.82) is 0 Å². The molecule has 0 aliphatic heterocycles. The van der Waals surface area contributed by atoms with Gasteiger partial charge in [-0.1, -0.05) is 19.1 Å². The molecule has 0 aromatic rings. The summed E-state index contributed by atoms with van der Waals surface area (Å²) in [7, 11) is 1.68. The molecule has 0 saturated heterocycles. The summed E-state index contributed by atoms with van der Waals surface area (Å²) >= 11 is 4.70. The van der Waals surface area contributed by atoms with Crippen molar-refractivity contribution in [1.82, 2.24) is 4.90 Å². The third-order valence-electron chi connectivity index (χ3n) is 1.63. The van der Waals surface area contributed by atoms with Crippen molar-refractivity contribution in [3.63, 3.8) is 0 Å². The van der Waals surface area contributed by atoms with Crippen LogP contribution >= 0.6 is 12.2 Å². The molecule has 0 unspecified atom stereocenters. The van der Waals surface area contributed by atoms with Gasteiger partial charge in [-0.05, 0) is 6.42 Å². The minimum Gasteiger partial charge on any atom is -0.392 e. The fourth-order valence-corrected chi connectivity index (χ4v) is 1.11. The van der Waals surface area contributed by atoms with E-state index < -0.39 is 0 Å². The lowest BCUT2D eigenvalue weighted by Crippen LogP contribution is -2.34. The summed E-state index contributed by atoms with van der Waals surface area (Å²) < 4.78 is 5.20. The molecule has 0 heterocycles. The lowest BCUT2D eigenvalue weighted by Gasteiger charge is -2.15.